The van der Waals surface area contributed by atoms with Crippen LogP contribution in [-0.2, 0) is 11.2 Å². The summed E-state index contributed by atoms with van der Waals surface area (Å²) in [6.45, 7) is 0. The maximum Gasteiger partial charge on any atom is 0.330 e. The fourth-order valence-corrected chi connectivity index (χ4v) is 1.45. The van der Waals surface area contributed by atoms with Crippen molar-refractivity contribution in [1.29, 1.82) is 0 Å². The third-order valence-electron chi connectivity index (χ3n) is 1.24. The van der Waals surface area contributed by atoms with Crippen molar-refractivity contribution >= 4 is 23.3 Å². The van der Waals surface area contributed by atoms with E-state index in [-0.39, 0.29) is 12.3 Å². The minimum atomic E-state index is -0.778. The van der Waals surface area contributed by atoms with Gasteiger partial charge in [-0.3, -0.25) is 10.2 Å². The van der Waals surface area contributed by atoms with Crippen LogP contribution in [-0.4, -0.2) is 11.9 Å². The van der Waals surface area contributed by atoms with Gasteiger partial charge in [0.2, 0.25) is 5.91 Å². The number of nitrogens with one attached hydrogen (secondary N) is 2. The van der Waals surface area contributed by atoms with Crippen LogP contribution < -0.4 is 16.6 Å². The Morgan fingerprint density at radius 3 is 2.77 bits per heavy atom. The molecule has 6 heteroatoms. The van der Waals surface area contributed by atoms with Crippen molar-refractivity contribution in [2.75, 3.05) is 0 Å². The number of rotatable bonds is 2. The number of nitrogens with two attached hydrogens (primary N) is 1. The van der Waals surface area contributed by atoms with Gasteiger partial charge in [0.05, 0.1) is 6.42 Å². The van der Waals surface area contributed by atoms with Gasteiger partial charge >= 0.3 is 6.03 Å². The van der Waals surface area contributed by atoms with Crippen LogP contribution in [0.15, 0.2) is 17.5 Å². The standard InChI is InChI=1S/C7H9N3O2S/c8-7(12)10-9-6(11)4-5-2-1-3-13-5/h1-3H,4H2,(H,9,11)(H3,8,10,12). The molecule has 0 saturated heterocycles. The summed E-state index contributed by atoms with van der Waals surface area (Å²) >= 11 is 1.48. The molecule has 0 aliphatic heterocycles. The zero-order valence-corrected chi connectivity index (χ0v) is 7.56. The van der Waals surface area contributed by atoms with E-state index in [1.807, 2.05) is 22.9 Å². The molecule has 0 aromatic carbocycles. The van der Waals surface area contributed by atoms with E-state index in [2.05, 4.69) is 5.43 Å². The van der Waals surface area contributed by atoms with Crippen LogP contribution in [0.3, 0.4) is 0 Å². The molecule has 0 fully saturated rings. The zero-order chi connectivity index (χ0) is 9.68. The molecule has 0 bridgehead atoms. The van der Waals surface area contributed by atoms with Crippen LogP contribution in [0.25, 0.3) is 0 Å². The molecule has 13 heavy (non-hydrogen) atoms. The van der Waals surface area contributed by atoms with Gasteiger partial charge in [-0.2, -0.15) is 0 Å². The van der Waals surface area contributed by atoms with Crippen LogP contribution in [0, 0.1) is 0 Å². The van der Waals surface area contributed by atoms with Gasteiger partial charge in [0.1, 0.15) is 0 Å². The number of hydrogen-bond donors (Lipinski definition) is 3. The quantitative estimate of drug-likeness (QED) is 0.585. The van der Waals surface area contributed by atoms with E-state index >= 15 is 0 Å². The molecule has 0 unspecified atom stereocenters. The fourth-order valence-electron chi connectivity index (χ4n) is 0.747. The lowest BCUT2D eigenvalue weighted by molar-refractivity contribution is -0.121. The Hall–Kier alpha value is -1.56. The van der Waals surface area contributed by atoms with Gasteiger partial charge in [0.15, 0.2) is 0 Å². The molecule has 0 radical (unpaired) electrons. The third-order valence-corrected chi connectivity index (χ3v) is 2.12. The molecule has 1 aromatic heterocycles. The molecule has 0 spiro atoms. The van der Waals surface area contributed by atoms with E-state index in [9.17, 15) is 9.59 Å². The Morgan fingerprint density at radius 2 is 2.23 bits per heavy atom. The van der Waals surface area contributed by atoms with Gasteiger partial charge in [-0.05, 0) is 11.4 Å². The summed E-state index contributed by atoms with van der Waals surface area (Å²) in [6, 6.07) is 2.92. The molecule has 0 aliphatic rings. The van der Waals surface area contributed by atoms with Crippen molar-refractivity contribution in [2.45, 2.75) is 6.42 Å². The Kier molecular flexibility index (Phi) is 3.27. The maximum absolute atomic E-state index is 11.0. The summed E-state index contributed by atoms with van der Waals surface area (Å²) < 4.78 is 0. The second-order valence-electron chi connectivity index (χ2n) is 2.29. The highest BCUT2D eigenvalue weighted by Gasteiger charge is 2.03. The Morgan fingerprint density at radius 1 is 1.46 bits per heavy atom. The number of primary amides is 1. The fraction of sp³-hybridized carbons (Fsp3) is 0.143. The summed E-state index contributed by atoms with van der Waals surface area (Å²) in [5.41, 5.74) is 8.92. The maximum atomic E-state index is 11.0. The molecule has 1 aromatic rings. The Bertz CT molecular complexity index is 297. The lowest BCUT2D eigenvalue weighted by Crippen LogP contribution is -2.45. The molecule has 4 N–H and O–H groups in total. The number of urea groups is 1. The van der Waals surface area contributed by atoms with Crippen molar-refractivity contribution in [1.82, 2.24) is 10.9 Å². The number of carbonyl (C=O) groups is 2. The zero-order valence-electron chi connectivity index (χ0n) is 6.74. The molecule has 0 atom stereocenters. The van der Waals surface area contributed by atoms with Crippen LogP contribution >= 0.6 is 11.3 Å². The number of carbonyl (C=O) groups excluding carboxylic acids is 2. The van der Waals surface area contributed by atoms with Crippen molar-refractivity contribution in [3.8, 4) is 0 Å². The second-order valence-corrected chi connectivity index (χ2v) is 3.33. The van der Waals surface area contributed by atoms with Gasteiger partial charge in [-0.15, -0.1) is 11.3 Å². The van der Waals surface area contributed by atoms with Crippen molar-refractivity contribution < 1.29 is 9.59 Å². The van der Waals surface area contributed by atoms with E-state index in [1.165, 1.54) is 11.3 Å². The predicted molar refractivity (Wildman–Crippen MR) is 48.9 cm³/mol. The monoisotopic (exact) mass is 199 g/mol. The lowest BCUT2D eigenvalue weighted by atomic mass is 10.3. The molecule has 1 rings (SSSR count). The minimum Gasteiger partial charge on any atom is -0.350 e. The average Bonchev–Trinajstić information content (AvgIpc) is 2.53. The summed E-state index contributed by atoms with van der Waals surface area (Å²) in [7, 11) is 0. The smallest absolute Gasteiger partial charge is 0.330 e. The highest BCUT2D eigenvalue weighted by Crippen LogP contribution is 2.08. The predicted octanol–water partition coefficient (Wildman–Crippen LogP) is -0.00990. The van der Waals surface area contributed by atoms with Gasteiger partial charge in [0.25, 0.3) is 0 Å². The van der Waals surface area contributed by atoms with E-state index in [0.29, 0.717) is 0 Å². The molecule has 70 valence electrons. The lowest BCUT2D eigenvalue weighted by Gasteiger charge is -2.02. The first-order chi connectivity index (χ1) is 6.18. The normalized spacial score (nSPS) is 9.23. The van der Waals surface area contributed by atoms with Crippen LogP contribution in [0.4, 0.5) is 4.79 Å². The number of thiophene rings is 1. The van der Waals surface area contributed by atoms with Gasteiger partial charge in [-0.25, -0.2) is 10.2 Å². The number of hydrogen-bond acceptors (Lipinski definition) is 3. The van der Waals surface area contributed by atoms with Gasteiger partial charge in [-0.1, -0.05) is 6.07 Å². The first kappa shape index (κ1) is 9.53. The van der Waals surface area contributed by atoms with E-state index < -0.39 is 6.03 Å². The molecule has 0 aliphatic carbocycles. The van der Waals surface area contributed by atoms with E-state index in [1.54, 1.807) is 0 Å². The topological polar surface area (TPSA) is 84.2 Å². The van der Waals surface area contributed by atoms with Gasteiger partial charge in [0, 0.05) is 4.88 Å². The second kappa shape index (κ2) is 4.46. The highest BCUT2D eigenvalue weighted by molar-refractivity contribution is 7.10. The Balaban J connectivity index is 2.30. The minimum absolute atomic E-state index is 0.248. The number of amides is 3. The molecule has 3 amide bonds. The highest BCUT2D eigenvalue weighted by atomic mass is 32.1. The molecule has 5 nitrogen and oxygen atoms in total. The SMILES string of the molecule is NC(=O)NNC(=O)Cc1cccs1. The molecular weight excluding hydrogens is 190 g/mol. The third kappa shape index (κ3) is 3.57. The van der Waals surface area contributed by atoms with E-state index in [0.717, 1.165) is 4.88 Å². The van der Waals surface area contributed by atoms with Crippen LogP contribution in [0.5, 0.6) is 0 Å². The van der Waals surface area contributed by atoms with Crippen LogP contribution in [0.1, 0.15) is 4.88 Å². The van der Waals surface area contributed by atoms with Crippen molar-refractivity contribution in [2.24, 2.45) is 5.73 Å². The molecule has 1 heterocycles. The van der Waals surface area contributed by atoms with Crippen molar-refractivity contribution in [3.05, 3.63) is 22.4 Å². The first-order valence-corrected chi connectivity index (χ1v) is 4.43. The molecular formula is C7H9N3O2S. The number of hydrazine groups is 1. The van der Waals surface area contributed by atoms with E-state index in [4.69, 9.17) is 5.73 Å². The Labute approximate surface area is 78.9 Å². The molecule has 0 saturated carbocycles. The summed E-state index contributed by atoms with van der Waals surface area (Å²) in [5.74, 6) is -0.291. The summed E-state index contributed by atoms with van der Waals surface area (Å²) in [6.07, 6.45) is 0.248. The largest absolute Gasteiger partial charge is 0.350 e. The first-order valence-electron chi connectivity index (χ1n) is 3.55. The summed E-state index contributed by atoms with van der Waals surface area (Å²) in [5, 5.41) is 1.88. The van der Waals surface area contributed by atoms with Crippen molar-refractivity contribution in [3.63, 3.8) is 0 Å². The average molecular weight is 199 g/mol. The summed E-state index contributed by atoms with van der Waals surface area (Å²) in [4.78, 5) is 22.2. The van der Waals surface area contributed by atoms with Gasteiger partial charge < -0.3 is 5.73 Å². The van der Waals surface area contributed by atoms with Crippen LogP contribution in [0.2, 0.25) is 0 Å².